The van der Waals surface area contributed by atoms with E-state index in [2.05, 4.69) is 4.72 Å². The molecule has 168 valence electrons. The molecule has 0 saturated carbocycles. The number of hydrogen-bond donors (Lipinski definition) is 1. The number of hydrogen-bond acceptors (Lipinski definition) is 7. The lowest BCUT2D eigenvalue weighted by Gasteiger charge is -2.16. The van der Waals surface area contributed by atoms with Gasteiger partial charge in [-0.3, -0.25) is 4.79 Å². The van der Waals surface area contributed by atoms with Gasteiger partial charge in [-0.25, -0.2) is 17.9 Å². The van der Waals surface area contributed by atoms with E-state index in [1.807, 2.05) is 0 Å². The Hall–Kier alpha value is -2.40. The summed E-state index contributed by atoms with van der Waals surface area (Å²) in [6.07, 6.45) is 2.95. The highest BCUT2D eigenvalue weighted by molar-refractivity contribution is 7.89. The minimum Gasteiger partial charge on any atom is -0.467 e. The zero-order valence-corrected chi connectivity index (χ0v) is 18.4. The highest BCUT2D eigenvalue weighted by atomic mass is 35.5. The van der Waals surface area contributed by atoms with Crippen LogP contribution >= 0.6 is 11.6 Å². The zero-order valence-electron chi connectivity index (χ0n) is 16.9. The van der Waals surface area contributed by atoms with E-state index >= 15 is 0 Å². The summed E-state index contributed by atoms with van der Waals surface area (Å²) in [5, 5.41) is -0.0364. The standard InChI is InChI=1S/C20H23ClN2O7S/c1-23(12-16-5-3-9-29-16)19(24)13-30-20(25)14-6-7-17(21)18(10-14)31(26,27)22-11-15-4-2-8-28-15/h3,5-7,9-10,15,22H,2,4,8,11-13H2,1H3. The molecule has 2 aromatic rings. The zero-order chi connectivity index (χ0) is 22.4. The fourth-order valence-corrected chi connectivity index (χ4v) is 4.56. The number of carbonyl (C=O) groups excluding carboxylic acids is 2. The van der Waals surface area contributed by atoms with E-state index < -0.39 is 28.5 Å². The fourth-order valence-electron chi connectivity index (χ4n) is 2.97. The van der Waals surface area contributed by atoms with Crippen molar-refractivity contribution in [2.45, 2.75) is 30.4 Å². The van der Waals surface area contributed by atoms with Gasteiger partial charge in [0, 0.05) is 20.2 Å². The first-order valence-corrected chi connectivity index (χ1v) is 11.5. The van der Waals surface area contributed by atoms with Crippen LogP contribution in [-0.2, 0) is 30.8 Å². The largest absolute Gasteiger partial charge is 0.467 e. The number of benzene rings is 1. The van der Waals surface area contributed by atoms with Crippen LogP contribution in [0.25, 0.3) is 0 Å². The molecule has 1 aliphatic rings. The number of furan rings is 1. The Morgan fingerprint density at radius 2 is 2.13 bits per heavy atom. The molecule has 11 heteroatoms. The Balaban J connectivity index is 1.60. The summed E-state index contributed by atoms with van der Waals surface area (Å²) in [5.41, 5.74) is -0.0385. The predicted octanol–water partition coefficient (Wildman–Crippen LogP) is 2.21. The van der Waals surface area contributed by atoms with E-state index in [4.69, 9.17) is 25.5 Å². The molecular weight excluding hydrogens is 448 g/mol. The molecule has 1 atom stereocenters. The maximum atomic E-state index is 12.6. The van der Waals surface area contributed by atoms with Crippen LogP contribution in [0.2, 0.25) is 5.02 Å². The van der Waals surface area contributed by atoms with Crippen molar-refractivity contribution in [1.82, 2.24) is 9.62 Å². The van der Waals surface area contributed by atoms with Gasteiger partial charge in [0.15, 0.2) is 6.61 Å². The molecule has 2 heterocycles. The number of rotatable bonds is 9. The predicted molar refractivity (Wildman–Crippen MR) is 111 cm³/mol. The van der Waals surface area contributed by atoms with Crippen molar-refractivity contribution >= 4 is 33.5 Å². The lowest BCUT2D eigenvalue weighted by Crippen LogP contribution is -2.32. The molecule has 1 amide bonds. The van der Waals surface area contributed by atoms with Crippen molar-refractivity contribution in [2.24, 2.45) is 0 Å². The van der Waals surface area contributed by atoms with Gasteiger partial charge >= 0.3 is 5.97 Å². The SMILES string of the molecule is CN(Cc1ccco1)C(=O)COC(=O)c1ccc(Cl)c(S(=O)(=O)NCC2CCCO2)c1. The first-order valence-electron chi connectivity index (χ1n) is 9.60. The number of amides is 1. The minimum atomic E-state index is -3.96. The summed E-state index contributed by atoms with van der Waals surface area (Å²) in [5.74, 6) is -0.693. The van der Waals surface area contributed by atoms with Gasteiger partial charge in [0.05, 0.1) is 29.5 Å². The van der Waals surface area contributed by atoms with Gasteiger partial charge < -0.3 is 18.8 Å². The number of likely N-dealkylation sites (N-methyl/N-ethyl adjacent to an activating group) is 1. The van der Waals surface area contributed by atoms with Crippen LogP contribution in [0, 0.1) is 0 Å². The lowest BCUT2D eigenvalue weighted by atomic mass is 10.2. The Labute approximate surface area is 185 Å². The first-order chi connectivity index (χ1) is 14.8. The van der Waals surface area contributed by atoms with E-state index in [0.29, 0.717) is 12.4 Å². The quantitative estimate of drug-likeness (QED) is 0.558. The molecule has 0 radical (unpaired) electrons. The van der Waals surface area contributed by atoms with Gasteiger partial charge in [0.1, 0.15) is 10.7 Å². The summed E-state index contributed by atoms with van der Waals surface area (Å²) in [7, 11) is -2.42. The average Bonchev–Trinajstić information content (AvgIpc) is 3.44. The Bertz CT molecular complexity index is 1020. The second-order valence-electron chi connectivity index (χ2n) is 7.04. The maximum absolute atomic E-state index is 12.6. The second kappa shape index (κ2) is 10.3. The van der Waals surface area contributed by atoms with Crippen LogP contribution < -0.4 is 4.72 Å². The Kier molecular flexibility index (Phi) is 7.71. The number of ether oxygens (including phenoxy) is 2. The van der Waals surface area contributed by atoms with E-state index in [1.165, 1.54) is 23.3 Å². The fraction of sp³-hybridized carbons (Fsp3) is 0.400. The summed E-state index contributed by atoms with van der Waals surface area (Å²) in [6, 6.07) is 7.18. The van der Waals surface area contributed by atoms with E-state index in [1.54, 1.807) is 19.2 Å². The van der Waals surface area contributed by atoms with Crippen LogP contribution in [0.1, 0.15) is 29.0 Å². The van der Waals surface area contributed by atoms with Crippen molar-refractivity contribution in [3.05, 3.63) is 52.9 Å². The molecular formula is C20H23ClN2O7S. The average molecular weight is 471 g/mol. The van der Waals surface area contributed by atoms with Gasteiger partial charge in [0.25, 0.3) is 5.91 Å². The van der Waals surface area contributed by atoms with Crippen molar-refractivity contribution in [1.29, 1.82) is 0 Å². The van der Waals surface area contributed by atoms with Crippen molar-refractivity contribution < 1.29 is 31.9 Å². The second-order valence-corrected chi connectivity index (χ2v) is 9.18. The summed E-state index contributed by atoms with van der Waals surface area (Å²) >= 11 is 6.05. The Morgan fingerprint density at radius 3 is 2.81 bits per heavy atom. The summed E-state index contributed by atoms with van der Waals surface area (Å²) in [4.78, 5) is 25.6. The number of nitrogens with one attached hydrogen (secondary N) is 1. The highest BCUT2D eigenvalue weighted by Gasteiger charge is 2.24. The summed E-state index contributed by atoms with van der Waals surface area (Å²) < 4.78 is 43.3. The van der Waals surface area contributed by atoms with Crippen molar-refractivity contribution in [3.8, 4) is 0 Å². The number of esters is 1. The lowest BCUT2D eigenvalue weighted by molar-refractivity contribution is -0.133. The molecule has 31 heavy (non-hydrogen) atoms. The topological polar surface area (TPSA) is 115 Å². The van der Waals surface area contributed by atoms with Gasteiger partial charge in [0.2, 0.25) is 10.0 Å². The number of halogens is 1. The molecule has 9 nitrogen and oxygen atoms in total. The molecule has 1 aliphatic heterocycles. The molecule has 1 unspecified atom stereocenters. The maximum Gasteiger partial charge on any atom is 0.338 e. The molecule has 1 fully saturated rings. The van der Waals surface area contributed by atoms with Crippen LogP contribution in [0.3, 0.4) is 0 Å². The van der Waals surface area contributed by atoms with E-state index in [0.717, 1.165) is 18.9 Å². The Morgan fingerprint density at radius 1 is 1.32 bits per heavy atom. The molecule has 0 bridgehead atoms. The van der Waals surface area contributed by atoms with E-state index in [-0.39, 0.29) is 34.7 Å². The number of sulfonamides is 1. The highest BCUT2D eigenvalue weighted by Crippen LogP contribution is 2.23. The smallest absolute Gasteiger partial charge is 0.338 e. The van der Waals surface area contributed by atoms with Gasteiger partial charge in [-0.05, 0) is 43.2 Å². The first kappa shape index (κ1) is 23.3. The van der Waals surface area contributed by atoms with Gasteiger partial charge in [-0.15, -0.1) is 0 Å². The molecule has 1 aromatic heterocycles. The third-order valence-corrected chi connectivity index (χ3v) is 6.61. The van der Waals surface area contributed by atoms with Crippen molar-refractivity contribution in [2.75, 3.05) is 26.8 Å². The molecule has 0 aliphatic carbocycles. The summed E-state index contributed by atoms with van der Waals surface area (Å²) in [6.45, 7) is 0.439. The third kappa shape index (κ3) is 6.30. The van der Waals surface area contributed by atoms with Crippen LogP contribution in [0.5, 0.6) is 0 Å². The molecule has 1 N–H and O–H groups in total. The van der Waals surface area contributed by atoms with Crippen LogP contribution in [-0.4, -0.2) is 58.1 Å². The number of carbonyl (C=O) groups is 2. The molecule has 0 spiro atoms. The van der Waals surface area contributed by atoms with E-state index in [9.17, 15) is 18.0 Å². The van der Waals surface area contributed by atoms with Crippen LogP contribution in [0.4, 0.5) is 0 Å². The third-order valence-electron chi connectivity index (χ3n) is 4.71. The molecule has 1 aromatic carbocycles. The van der Waals surface area contributed by atoms with Crippen molar-refractivity contribution in [3.63, 3.8) is 0 Å². The van der Waals surface area contributed by atoms with Gasteiger partial charge in [-0.2, -0.15) is 0 Å². The van der Waals surface area contributed by atoms with Crippen LogP contribution in [0.15, 0.2) is 45.9 Å². The minimum absolute atomic E-state index is 0.0364. The normalized spacial score (nSPS) is 16.3. The monoisotopic (exact) mass is 470 g/mol. The molecule has 3 rings (SSSR count). The number of nitrogens with zero attached hydrogens (tertiary/aromatic N) is 1. The molecule has 1 saturated heterocycles. The van der Waals surface area contributed by atoms with Gasteiger partial charge in [-0.1, -0.05) is 11.6 Å².